The van der Waals surface area contributed by atoms with Crippen LogP contribution < -0.4 is 5.32 Å². The predicted molar refractivity (Wildman–Crippen MR) is 138 cm³/mol. The number of amides is 1. The van der Waals surface area contributed by atoms with Crippen molar-refractivity contribution in [1.29, 1.82) is 0 Å². The Bertz CT molecular complexity index is 826. The van der Waals surface area contributed by atoms with E-state index in [9.17, 15) is 9.59 Å². The van der Waals surface area contributed by atoms with Crippen LogP contribution in [0.3, 0.4) is 0 Å². The average Bonchev–Trinajstić information content (AvgIpc) is 3.34. The van der Waals surface area contributed by atoms with E-state index in [0.717, 1.165) is 24.0 Å². The Morgan fingerprint density at radius 2 is 1.62 bits per heavy atom. The molecule has 0 atom stereocenters. The topological polar surface area (TPSA) is 78.9 Å². The summed E-state index contributed by atoms with van der Waals surface area (Å²) in [5.41, 5.74) is 2.56. The fourth-order valence-electron chi connectivity index (χ4n) is 3.81. The predicted octanol–water partition coefficient (Wildman–Crippen LogP) is 6.42. The third-order valence-electron chi connectivity index (χ3n) is 5.67. The second kappa shape index (κ2) is 17.2. The highest BCUT2D eigenvalue weighted by molar-refractivity contribution is 7.07. The van der Waals surface area contributed by atoms with Gasteiger partial charge in [0.05, 0.1) is 6.54 Å². The molecule has 188 valence electrons. The highest BCUT2D eigenvalue weighted by atomic mass is 32.1. The van der Waals surface area contributed by atoms with Gasteiger partial charge in [-0.1, -0.05) is 76.8 Å². The molecule has 0 saturated heterocycles. The molecule has 1 aromatic carbocycles. The minimum Gasteiger partial charge on any atom is -0.479 e. The molecule has 2 N–H and O–H groups in total. The number of carbonyl (C=O) groups excluding carboxylic acids is 1. The first-order valence-corrected chi connectivity index (χ1v) is 13.5. The Labute approximate surface area is 208 Å². The van der Waals surface area contributed by atoms with Crippen molar-refractivity contribution in [3.8, 4) is 0 Å². The van der Waals surface area contributed by atoms with Crippen molar-refractivity contribution in [3.63, 3.8) is 0 Å². The number of benzene rings is 1. The summed E-state index contributed by atoms with van der Waals surface area (Å²) < 4.78 is 0. The Morgan fingerprint density at radius 3 is 2.26 bits per heavy atom. The van der Waals surface area contributed by atoms with Crippen LogP contribution in [0.25, 0.3) is 0 Å². The van der Waals surface area contributed by atoms with E-state index >= 15 is 0 Å². The molecule has 0 saturated carbocycles. The second-order valence-corrected chi connectivity index (χ2v) is 9.52. The lowest BCUT2D eigenvalue weighted by Gasteiger charge is -2.21. The summed E-state index contributed by atoms with van der Waals surface area (Å²) >= 11 is 1.59. The first kappa shape index (κ1) is 28.0. The summed E-state index contributed by atoms with van der Waals surface area (Å²) in [6.07, 6.45) is 12.7. The van der Waals surface area contributed by atoms with Crippen LogP contribution in [0.5, 0.6) is 0 Å². The van der Waals surface area contributed by atoms with Gasteiger partial charge < -0.3 is 10.4 Å². The van der Waals surface area contributed by atoms with Crippen LogP contribution in [0.15, 0.2) is 41.1 Å². The number of hydrogen-bond donors (Lipinski definition) is 2. The maximum absolute atomic E-state index is 12.6. The molecule has 0 aliphatic rings. The fourth-order valence-corrected chi connectivity index (χ4v) is 4.47. The van der Waals surface area contributed by atoms with E-state index in [2.05, 4.69) is 12.2 Å². The average molecular weight is 489 g/mol. The molecule has 0 fully saturated rings. The number of hydrogen-bond acceptors (Lipinski definition) is 5. The molecule has 0 bridgehead atoms. The molecule has 1 amide bonds. The molecule has 1 aromatic heterocycles. The number of hydroxylamine groups is 2. The zero-order valence-corrected chi connectivity index (χ0v) is 21.3. The Morgan fingerprint density at radius 1 is 0.941 bits per heavy atom. The molecule has 1 heterocycles. The Balaban J connectivity index is 1.71. The van der Waals surface area contributed by atoms with Gasteiger partial charge in [-0.15, -0.1) is 0 Å². The van der Waals surface area contributed by atoms with Crippen molar-refractivity contribution in [2.24, 2.45) is 0 Å². The van der Waals surface area contributed by atoms with Crippen molar-refractivity contribution in [2.75, 3.05) is 13.2 Å². The van der Waals surface area contributed by atoms with Gasteiger partial charge >= 0.3 is 5.97 Å². The van der Waals surface area contributed by atoms with E-state index in [-0.39, 0.29) is 5.91 Å². The summed E-state index contributed by atoms with van der Waals surface area (Å²) in [5.74, 6) is -1.09. The summed E-state index contributed by atoms with van der Waals surface area (Å²) in [5, 5.41) is 17.6. The molecule has 6 nitrogen and oxygen atoms in total. The Hall–Kier alpha value is -2.22. The lowest BCUT2D eigenvalue weighted by molar-refractivity contribution is -0.190. The highest BCUT2D eigenvalue weighted by Crippen LogP contribution is 2.15. The van der Waals surface area contributed by atoms with E-state index in [1.807, 2.05) is 35.0 Å². The lowest BCUT2D eigenvalue weighted by Crippen LogP contribution is -2.27. The van der Waals surface area contributed by atoms with Crippen LogP contribution in [0.2, 0.25) is 0 Å². The third kappa shape index (κ3) is 12.3. The van der Waals surface area contributed by atoms with Crippen LogP contribution in [0.1, 0.15) is 92.6 Å². The Kier molecular flexibility index (Phi) is 14.2. The van der Waals surface area contributed by atoms with Gasteiger partial charge in [0.15, 0.2) is 6.61 Å². The standard InChI is InChI=1S/C27H40N2O4S/c1-2-3-4-5-6-7-8-9-10-11-16-28-27(32)25-14-12-13-23(18-25)19-29(33-21-26(30)31)20-24-15-17-34-22-24/h12-15,17-18,22H,2-11,16,19-21H2,1H3,(H,28,32)(H,30,31). The first-order valence-electron chi connectivity index (χ1n) is 12.6. The van der Waals surface area contributed by atoms with Crippen molar-refractivity contribution >= 4 is 23.2 Å². The van der Waals surface area contributed by atoms with Gasteiger partial charge in [0.1, 0.15) is 0 Å². The molecule has 0 unspecified atom stereocenters. The van der Waals surface area contributed by atoms with Gasteiger partial charge in [-0.2, -0.15) is 16.4 Å². The summed E-state index contributed by atoms with van der Waals surface area (Å²) in [6.45, 7) is 3.40. The van der Waals surface area contributed by atoms with E-state index in [1.165, 1.54) is 51.4 Å². The first-order chi connectivity index (χ1) is 16.6. The highest BCUT2D eigenvalue weighted by Gasteiger charge is 2.12. The lowest BCUT2D eigenvalue weighted by atomic mass is 10.1. The monoisotopic (exact) mass is 488 g/mol. The minimum absolute atomic E-state index is 0.0754. The molecule has 2 rings (SSSR count). The van der Waals surface area contributed by atoms with Gasteiger partial charge in [0, 0.05) is 18.7 Å². The molecule has 0 radical (unpaired) electrons. The SMILES string of the molecule is CCCCCCCCCCCCNC(=O)c1cccc(CN(Cc2ccsc2)OCC(=O)O)c1. The summed E-state index contributed by atoms with van der Waals surface area (Å²) in [7, 11) is 0. The number of carbonyl (C=O) groups is 2. The maximum atomic E-state index is 12.6. The van der Waals surface area contributed by atoms with E-state index < -0.39 is 12.6 Å². The van der Waals surface area contributed by atoms with Gasteiger partial charge in [0.25, 0.3) is 5.91 Å². The maximum Gasteiger partial charge on any atom is 0.331 e. The fraction of sp³-hybridized carbons (Fsp3) is 0.556. The molecular formula is C27H40N2O4S. The van der Waals surface area contributed by atoms with Gasteiger partial charge in [0.2, 0.25) is 0 Å². The molecule has 7 heteroatoms. The largest absolute Gasteiger partial charge is 0.479 e. The summed E-state index contributed by atoms with van der Waals surface area (Å²) in [4.78, 5) is 29.0. The molecule has 0 spiro atoms. The normalized spacial score (nSPS) is 11.1. The number of thiophene rings is 1. The molecule has 2 aromatic rings. The van der Waals surface area contributed by atoms with Crippen LogP contribution in [0.4, 0.5) is 0 Å². The number of nitrogens with zero attached hydrogens (tertiary/aromatic N) is 1. The molecule has 0 aliphatic heterocycles. The van der Waals surface area contributed by atoms with Crippen LogP contribution in [-0.4, -0.2) is 35.2 Å². The molecule has 34 heavy (non-hydrogen) atoms. The zero-order chi connectivity index (χ0) is 24.4. The number of unbranched alkanes of at least 4 members (excludes halogenated alkanes) is 9. The minimum atomic E-state index is -1.02. The van der Waals surface area contributed by atoms with Gasteiger partial charge in [-0.05, 0) is 46.5 Å². The number of nitrogens with one attached hydrogen (secondary N) is 1. The zero-order valence-electron chi connectivity index (χ0n) is 20.5. The number of carboxylic acid groups (broad SMARTS) is 1. The van der Waals surface area contributed by atoms with Crippen molar-refractivity contribution in [1.82, 2.24) is 10.4 Å². The van der Waals surface area contributed by atoms with Crippen LogP contribution in [-0.2, 0) is 22.7 Å². The van der Waals surface area contributed by atoms with Crippen LogP contribution in [0, 0.1) is 0 Å². The smallest absolute Gasteiger partial charge is 0.331 e. The van der Waals surface area contributed by atoms with E-state index in [4.69, 9.17) is 9.94 Å². The van der Waals surface area contributed by atoms with Gasteiger partial charge in [-0.3, -0.25) is 9.63 Å². The number of aliphatic carboxylic acids is 1. The molecular weight excluding hydrogens is 448 g/mol. The number of carboxylic acids is 1. The number of rotatable bonds is 19. The van der Waals surface area contributed by atoms with Crippen molar-refractivity contribution < 1.29 is 19.5 Å². The third-order valence-corrected chi connectivity index (χ3v) is 6.41. The van der Waals surface area contributed by atoms with Crippen molar-refractivity contribution in [2.45, 2.75) is 84.2 Å². The van der Waals surface area contributed by atoms with Crippen molar-refractivity contribution in [3.05, 3.63) is 57.8 Å². The molecule has 0 aliphatic carbocycles. The van der Waals surface area contributed by atoms with E-state index in [0.29, 0.717) is 25.2 Å². The second-order valence-electron chi connectivity index (χ2n) is 8.74. The van der Waals surface area contributed by atoms with Gasteiger partial charge in [-0.25, -0.2) is 4.79 Å². The summed E-state index contributed by atoms with van der Waals surface area (Å²) in [6, 6.07) is 9.41. The quantitative estimate of drug-likeness (QED) is 0.176. The van der Waals surface area contributed by atoms with Crippen LogP contribution >= 0.6 is 11.3 Å². The van der Waals surface area contributed by atoms with E-state index in [1.54, 1.807) is 22.5 Å².